The summed E-state index contributed by atoms with van der Waals surface area (Å²) in [7, 11) is -2.65. The highest BCUT2D eigenvalue weighted by molar-refractivity contribution is 7.00. The van der Waals surface area contributed by atoms with E-state index in [4.69, 9.17) is 4.43 Å². The molecule has 0 unspecified atom stereocenters. The van der Waals surface area contributed by atoms with Crippen LogP contribution in [0.1, 0.15) is 38.3 Å². The summed E-state index contributed by atoms with van der Waals surface area (Å²) in [4.78, 5) is 12.0. The molecule has 0 saturated carbocycles. The Morgan fingerprint density at radius 1 is 0.759 bits per heavy atom. The molecule has 0 amide bonds. The van der Waals surface area contributed by atoms with Crippen LogP contribution in [0.2, 0.25) is 5.04 Å². The van der Waals surface area contributed by atoms with Crippen molar-refractivity contribution in [3.05, 3.63) is 90.0 Å². The molecule has 0 fully saturated rings. The van der Waals surface area contributed by atoms with Crippen LogP contribution in [0.4, 0.5) is 0 Å². The van der Waals surface area contributed by atoms with E-state index < -0.39 is 8.32 Å². The third-order valence-corrected chi connectivity index (χ3v) is 10.9. The van der Waals surface area contributed by atoms with Crippen LogP contribution >= 0.6 is 0 Å². The molecular weight excluding hydrogens is 372 g/mol. The monoisotopic (exact) mass is 400 g/mol. The predicted molar refractivity (Wildman–Crippen MR) is 122 cm³/mol. The molecule has 148 valence electrons. The first kappa shape index (κ1) is 19.7. The van der Waals surface area contributed by atoms with Gasteiger partial charge in [-0.2, -0.15) is 0 Å². The molecule has 3 aromatic rings. The fourth-order valence-electron chi connectivity index (χ4n) is 4.54. The highest BCUT2D eigenvalue weighted by Crippen LogP contribution is 2.39. The maximum absolute atomic E-state index is 12.0. The van der Waals surface area contributed by atoms with Crippen molar-refractivity contribution in [1.29, 1.82) is 0 Å². The molecule has 4 rings (SSSR count). The Balaban J connectivity index is 1.93. The van der Waals surface area contributed by atoms with Gasteiger partial charge in [0.05, 0.1) is 0 Å². The summed E-state index contributed by atoms with van der Waals surface area (Å²) in [5, 5.41) is 2.45. The Morgan fingerprint density at radius 2 is 1.34 bits per heavy atom. The summed E-state index contributed by atoms with van der Waals surface area (Å²) in [6.07, 6.45) is 1.89. The second-order valence-corrected chi connectivity index (χ2v) is 13.1. The molecule has 2 nitrogen and oxygen atoms in total. The molecule has 29 heavy (non-hydrogen) atoms. The number of hydrogen-bond donors (Lipinski definition) is 0. The lowest BCUT2D eigenvalue weighted by Crippen LogP contribution is -2.69. The summed E-state index contributed by atoms with van der Waals surface area (Å²) in [6.45, 7) is 6.87. The summed E-state index contributed by atoms with van der Waals surface area (Å²) in [6, 6.07) is 27.6. The first-order valence-corrected chi connectivity index (χ1v) is 12.3. The van der Waals surface area contributed by atoms with E-state index in [9.17, 15) is 4.79 Å². The molecule has 1 aliphatic carbocycles. The van der Waals surface area contributed by atoms with E-state index in [1.54, 1.807) is 0 Å². The zero-order valence-corrected chi connectivity index (χ0v) is 18.4. The van der Waals surface area contributed by atoms with Crippen LogP contribution in [-0.2, 0) is 17.6 Å². The standard InChI is InChI=1S/C26H28O2Si/c1-26(2,3)29(22-12-6-4-7-13-22,23-14-8-5-9-15-23)28-25-16-10-11-20-19-21(27)17-18-24(20)25/h4-16H,17-19H2,1-3H3. The van der Waals surface area contributed by atoms with Gasteiger partial charge in [-0.1, -0.05) is 93.6 Å². The van der Waals surface area contributed by atoms with Gasteiger partial charge in [0, 0.05) is 12.8 Å². The zero-order valence-electron chi connectivity index (χ0n) is 17.4. The van der Waals surface area contributed by atoms with Gasteiger partial charge in [-0.15, -0.1) is 0 Å². The molecule has 0 atom stereocenters. The molecule has 3 heteroatoms. The molecule has 0 aliphatic heterocycles. The molecule has 1 aliphatic rings. The topological polar surface area (TPSA) is 26.3 Å². The van der Waals surface area contributed by atoms with E-state index in [2.05, 4.69) is 93.6 Å². The van der Waals surface area contributed by atoms with Gasteiger partial charge in [0.1, 0.15) is 11.5 Å². The maximum Gasteiger partial charge on any atom is 0.319 e. The summed E-state index contributed by atoms with van der Waals surface area (Å²) in [5.41, 5.74) is 2.33. The Kier molecular flexibility index (Phi) is 5.18. The fraction of sp³-hybridized carbons (Fsp3) is 0.269. The van der Waals surface area contributed by atoms with Crippen molar-refractivity contribution in [2.24, 2.45) is 0 Å². The van der Waals surface area contributed by atoms with Crippen molar-refractivity contribution < 1.29 is 9.22 Å². The maximum atomic E-state index is 12.0. The van der Waals surface area contributed by atoms with Crippen LogP contribution in [0.5, 0.6) is 5.75 Å². The van der Waals surface area contributed by atoms with Crippen LogP contribution in [0.25, 0.3) is 0 Å². The average Bonchev–Trinajstić information content (AvgIpc) is 2.72. The van der Waals surface area contributed by atoms with Gasteiger partial charge in [-0.05, 0) is 39.0 Å². The lowest BCUT2D eigenvalue weighted by molar-refractivity contribution is -0.118. The largest absolute Gasteiger partial charge is 0.534 e. The molecule has 0 N–H and O–H groups in total. The van der Waals surface area contributed by atoms with Crippen molar-refractivity contribution in [3.63, 3.8) is 0 Å². The quantitative estimate of drug-likeness (QED) is 0.594. The summed E-state index contributed by atoms with van der Waals surface area (Å²) >= 11 is 0. The molecule has 0 radical (unpaired) electrons. The van der Waals surface area contributed by atoms with E-state index in [1.165, 1.54) is 15.9 Å². The highest BCUT2D eigenvalue weighted by Gasteiger charge is 2.52. The smallest absolute Gasteiger partial charge is 0.319 e. The van der Waals surface area contributed by atoms with Crippen LogP contribution < -0.4 is 14.8 Å². The van der Waals surface area contributed by atoms with Gasteiger partial charge < -0.3 is 4.43 Å². The molecule has 0 spiro atoms. The number of benzene rings is 3. The van der Waals surface area contributed by atoms with Crippen LogP contribution in [-0.4, -0.2) is 14.1 Å². The molecule has 3 aromatic carbocycles. The van der Waals surface area contributed by atoms with Crippen LogP contribution in [0.3, 0.4) is 0 Å². The number of fused-ring (bicyclic) bond motifs is 1. The number of carbonyl (C=O) groups excluding carboxylic acids is 1. The van der Waals surface area contributed by atoms with E-state index in [1.807, 2.05) is 6.07 Å². The molecule has 0 saturated heterocycles. The van der Waals surface area contributed by atoms with Crippen molar-refractivity contribution in [2.75, 3.05) is 0 Å². The van der Waals surface area contributed by atoms with Crippen molar-refractivity contribution in [1.82, 2.24) is 0 Å². The molecule has 0 heterocycles. The number of rotatable bonds is 4. The number of Topliss-reactive ketones (excluding diaryl/α,β-unsaturated/α-hetero) is 1. The first-order chi connectivity index (χ1) is 13.9. The average molecular weight is 401 g/mol. The van der Waals surface area contributed by atoms with Gasteiger partial charge >= 0.3 is 8.32 Å². The van der Waals surface area contributed by atoms with Crippen molar-refractivity contribution in [3.8, 4) is 5.75 Å². The van der Waals surface area contributed by atoms with Gasteiger partial charge in [-0.25, -0.2) is 0 Å². The zero-order chi connectivity index (χ0) is 20.5. The lowest BCUT2D eigenvalue weighted by Gasteiger charge is -2.43. The summed E-state index contributed by atoms with van der Waals surface area (Å²) in [5.74, 6) is 1.27. The van der Waals surface area contributed by atoms with E-state index in [0.717, 1.165) is 17.7 Å². The highest BCUT2D eigenvalue weighted by atomic mass is 28.4. The number of ketones is 1. The first-order valence-electron chi connectivity index (χ1n) is 10.3. The minimum absolute atomic E-state index is 0.0804. The van der Waals surface area contributed by atoms with Gasteiger partial charge in [0.15, 0.2) is 0 Å². The Labute approximate surface area is 174 Å². The van der Waals surface area contributed by atoms with Gasteiger partial charge in [0.25, 0.3) is 0 Å². The molecule has 0 aromatic heterocycles. The summed E-state index contributed by atoms with van der Waals surface area (Å²) < 4.78 is 7.20. The van der Waals surface area contributed by atoms with Gasteiger partial charge in [-0.3, -0.25) is 4.79 Å². The number of hydrogen-bond acceptors (Lipinski definition) is 2. The lowest BCUT2D eigenvalue weighted by atomic mass is 9.90. The minimum Gasteiger partial charge on any atom is -0.534 e. The van der Waals surface area contributed by atoms with E-state index in [0.29, 0.717) is 18.6 Å². The van der Waals surface area contributed by atoms with Crippen LogP contribution in [0.15, 0.2) is 78.9 Å². The van der Waals surface area contributed by atoms with Crippen LogP contribution in [0, 0.1) is 0 Å². The molecular formula is C26H28O2Si. The minimum atomic E-state index is -2.65. The SMILES string of the molecule is CC(C)(C)[Si](Oc1cccc2c1CCC(=O)C2)(c1ccccc1)c1ccccc1. The predicted octanol–water partition coefficient (Wildman–Crippen LogP) is 4.68. The third-order valence-electron chi connectivity index (χ3n) is 5.95. The van der Waals surface area contributed by atoms with E-state index in [-0.39, 0.29) is 5.04 Å². The Bertz CT molecular complexity index is 964. The fourth-order valence-corrected chi connectivity index (χ4v) is 8.99. The second kappa shape index (κ2) is 7.64. The Hall–Kier alpha value is -2.65. The second-order valence-electron chi connectivity index (χ2n) is 8.87. The normalized spacial score (nSPS) is 14.4. The Morgan fingerprint density at radius 3 is 1.90 bits per heavy atom. The van der Waals surface area contributed by atoms with Crippen molar-refractivity contribution in [2.45, 2.75) is 45.1 Å². The van der Waals surface area contributed by atoms with Crippen molar-refractivity contribution >= 4 is 24.5 Å². The third kappa shape index (κ3) is 3.55. The van der Waals surface area contributed by atoms with Gasteiger partial charge in [0.2, 0.25) is 0 Å². The van der Waals surface area contributed by atoms with E-state index >= 15 is 0 Å². The molecule has 0 bridgehead atoms. The number of carbonyl (C=O) groups is 1.